The molecule has 5 nitrogen and oxygen atoms in total. The first kappa shape index (κ1) is 14.1. The van der Waals surface area contributed by atoms with E-state index < -0.39 is 11.6 Å². The third-order valence-electron chi connectivity index (χ3n) is 3.58. The van der Waals surface area contributed by atoms with Crippen molar-refractivity contribution in [3.63, 3.8) is 0 Å². The van der Waals surface area contributed by atoms with Gasteiger partial charge >= 0.3 is 5.97 Å². The van der Waals surface area contributed by atoms with Gasteiger partial charge in [-0.2, -0.15) is 0 Å². The zero-order valence-corrected chi connectivity index (χ0v) is 12.1. The smallest absolute Gasteiger partial charge is 0.357 e. The highest BCUT2D eigenvalue weighted by Gasteiger charge is 2.47. The van der Waals surface area contributed by atoms with Crippen molar-refractivity contribution in [2.24, 2.45) is 0 Å². The van der Waals surface area contributed by atoms with Crippen molar-refractivity contribution >= 4 is 17.6 Å². The minimum absolute atomic E-state index is 0.229. The standard InChI is InChI=1S/C17H16N2O3/c1-2-22-16(21)17(12-8-4-3-5-9-12)18-14-11-7-6-10-13(14)15(20)19-17/h3-11,18H,2H2,1H3,(H,19,20). The van der Waals surface area contributed by atoms with Gasteiger partial charge in [-0.25, -0.2) is 4.79 Å². The van der Waals surface area contributed by atoms with Crippen molar-refractivity contribution in [3.8, 4) is 0 Å². The van der Waals surface area contributed by atoms with Gasteiger partial charge in [0.1, 0.15) is 0 Å². The first-order chi connectivity index (χ1) is 10.7. The molecule has 0 aromatic heterocycles. The molecule has 0 fully saturated rings. The quantitative estimate of drug-likeness (QED) is 0.853. The molecule has 2 aromatic carbocycles. The van der Waals surface area contributed by atoms with Gasteiger partial charge in [-0.15, -0.1) is 0 Å². The molecule has 3 rings (SSSR count). The van der Waals surface area contributed by atoms with Crippen LogP contribution in [0.15, 0.2) is 54.6 Å². The van der Waals surface area contributed by atoms with Gasteiger partial charge in [0.05, 0.1) is 12.2 Å². The Labute approximate surface area is 128 Å². The molecule has 112 valence electrons. The van der Waals surface area contributed by atoms with Gasteiger partial charge in [-0.05, 0) is 19.1 Å². The van der Waals surface area contributed by atoms with Crippen LogP contribution in [0.4, 0.5) is 5.69 Å². The molecule has 0 spiro atoms. The number of nitrogens with one attached hydrogen (secondary N) is 2. The summed E-state index contributed by atoms with van der Waals surface area (Å²) in [5, 5.41) is 5.90. The van der Waals surface area contributed by atoms with E-state index in [1.165, 1.54) is 0 Å². The highest BCUT2D eigenvalue weighted by Crippen LogP contribution is 2.32. The van der Waals surface area contributed by atoms with Gasteiger partial charge in [-0.1, -0.05) is 42.5 Å². The van der Waals surface area contributed by atoms with E-state index in [0.29, 0.717) is 16.8 Å². The average Bonchev–Trinajstić information content (AvgIpc) is 2.56. The van der Waals surface area contributed by atoms with Crippen molar-refractivity contribution in [2.45, 2.75) is 12.6 Å². The Bertz CT molecular complexity index is 715. The van der Waals surface area contributed by atoms with Crippen LogP contribution in [0.1, 0.15) is 22.8 Å². The Hall–Kier alpha value is -2.82. The van der Waals surface area contributed by atoms with Crippen LogP contribution < -0.4 is 10.6 Å². The summed E-state index contributed by atoms with van der Waals surface area (Å²) in [6.07, 6.45) is 0. The maximum Gasteiger partial charge on any atom is 0.357 e. The van der Waals surface area contributed by atoms with Gasteiger partial charge < -0.3 is 15.4 Å². The van der Waals surface area contributed by atoms with Gasteiger partial charge in [0, 0.05) is 11.3 Å². The second-order valence-corrected chi connectivity index (χ2v) is 4.96. The maximum absolute atomic E-state index is 12.6. The van der Waals surface area contributed by atoms with Crippen LogP contribution in [0.5, 0.6) is 0 Å². The zero-order chi connectivity index (χ0) is 15.6. The van der Waals surface area contributed by atoms with E-state index in [2.05, 4.69) is 10.6 Å². The number of benzene rings is 2. The molecule has 1 amide bonds. The SMILES string of the molecule is CCOC(=O)C1(c2ccccc2)NC(=O)c2ccccc2N1. The van der Waals surface area contributed by atoms with Gasteiger partial charge in [0.25, 0.3) is 5.91 Å². The van der Waals surface area contributed by atoms with Crippen LogP contribution in [0.2, 0.25) is 0 Å². The number of carbonyl (C=O) groups is 2. The Morgan fingerprint density at radius 3 is 2.45 bits per heavy atom. The van der Waals surface area contributed by atoms with E-state index in [-0.39, 0.29) is 12.5 Å². The molecule has 0 saturated carbocycles. The molecule has 1 unspecified atom stereocenters. The van der Waals surface area contributed by atoms with E-state index in [9.17, 15) is 9.59 Å². The second-order valence-electron chi connectivity index (χ2n) is 4.96. The van der Waals surface area contributed by atoms with Crippen LogP contribution >= 0.6 is 0 Å². The number of fused-ring (bicyclic) bond motifs is 1. The lowest BCUT2D eigenvalue weighted by Crippen LogP contribution is -2.60. The van der Waals surface area contributed by atoms with Crippen LogP contribution in [-0.2, 0) is 15.2 Å². The van der Waals surface area contributed by atoms with E-state index in [1.807, 2.05) is 24.3 Å². The van der Waals surface area contributed by atoms with Gasteiger partial charge in [0.15, 0.2) is 0 Å². The topological polar surface area (TPSA) is 67.4 Å². The summed E-state index contributed by atoms with van der Waals surface area (Å²) in [7, 11) is 0. The molecule has 0 aliphatic carbocycles. The monoisotopic (exact) mass is 296 g/mol. The number of para-hydroxylation sites is 1. The van der Waals surface area contributed by atoms with E-state index in [1.54, 1.807) is 37.3 Å². The number of amides is 1. The lowest BCUT2D eigenvalue weighted by Gasteiger charge is -2.38. The molecule has 0 bridgehead atoms. The van der Waals surface area contributed by atoms with E-state index in [0.717, 1.165) is 0 Å². The summed E-state index contributed by atoms with van der Waals surface area (Å²) in [6.45, 7) is 1.96. The Kier molecular flexibility index (Phi) is 3.55. The molecular formula is C17H16N2O3. The predicted molar refractivity (Wildman–Crippen MR) is 82.3 cm³/mol. The molecular weight excluding hydrogens is 280 g/mol. The van der Waals surface area contributed by atoms with Crippen molar-refractivity contribution in [1.29, 1.82) is 0 Å². The second kappa shape index (κ2) is 5.52. The van der Waals surface area contributed by atoms with E-state index >= 15 is 0 Å². The Balaban J connectivity index is 2.13. The molecule has 2 N–H and O–H groups in total. The maximum atomic E-state index is 12.6. The first-order valence-electron chi connectivity index (χ1n) is 7.10. The highest BCUT2D eigenvalue weighted by molar-refractivity contribution is 6.06. The van der Waals surface area contributed by atoms with Crippen molar-refractivity contribution < 1.29 is 14.3 Å². The highest BCUT2D eigenvalue weighted by atomic mass is 16.5. The number of anilines is 1. The number of ether oxygens (including phenoxy) is 1. The summed E-state index contributed by atoms with van der Waals surface area (Å²) >= 11 is 0. The third-order valence-corrected chi connectivity index (χ3v) is 3.58. The minimum atomic E-state index is -1.41. The van der Waals surface area contributed by atoms with Gasteiger partial charge in [-0.3, -0.25) is 4.79 Å². The average molecular weight is 296 g/mol. The molecule has 0 saturated heterocycles. The van der Waals surface area contributed by atoms with Crippen LogP contribution in [0.25, 0.3) is 0 Å². The number of hydrogen-bond donors (Lipinski definition) is 2. The fraction of sp³-hybridized carbons (Fsp3) is 0.176. The molecule has 1 heterocycles. The number of hydrogen-bond acceptors (Lipinski definition) is 4. The van der Waals surface area contributed by atoms with Crippen LogP contribution in [0, 0.1) is 0 Å². The fourth-order valence-electron chi connectivity index (χ4n) is 2.55. The van der Waals surface area contributed by atoms with Crippen LogP contribution in [0.3, 0.4) is 0 Å². The molecule has 5 heteroatoms. The number of esters is 1. The Morgan fingerprint density at radius 2 is 1.73 bits per heavy atom. The summed E-state index contributed by atoms with van der Waals surface area (Å²) in [6, 6.07) is 16.1. The molecule has 1 aliphatic rings. The largest absolute Gasteiger partial charge is 0.463 e. The third kappa shape index (κ3) is 2.20. The van der Waals surface area contributed by atoms with E-state index in [4.69, 9.17) is 4.74 Å². The summed E-state index contributed by atoms with van der Waals surface area (Å²) in [5.74, 6) is -0.852. The summed E-state index contributed by atoms with van der Waals surface area (Å²) < 4.78 is 5.19. The lowest BCUT2D eigenvalue weighted by atomic mass is 9.94. The molecule has 2 aromatic rings. The van der Waals surface area contributed by atoms with Crippen molar-refractivity contribution in [1.82, 2.24) is 5.32 Å². The molecule has 1 aliphatic heterocycles. The number of carbonyl (C=O) groups excluding carboxylic acids is 2. The van der Waals surface area contributed by atoms with Crippen LogP contribution in [-0.4, -0.2) is 18.5 Å². The molecule has 22 heavy (non-hydrogen) atoms. The van der Waals surface area contributed by atoms with Gasteiger partial charge in [0.2, 0.25) is 5.66 Å². The number of rotatable bonds is 3. The lowest BCUT2D eigenvalue weighted by molar-refractivity contribution is -0.150. The summed E-state index contributed by atoms with van der Waals surface area (Å²) in [4.78, 5) is 25.0. The Morgan fingerprint density at radius 1 is 1.05 bits per heavy atom. The normalized spacial score (nSPS) is 19.6. The predicted octanol–water partition coefficient (Wildman–Crippen LogP) is 2.26. The molecule has 1 atom stereocenters. The van der Waals surface area contributed by atoms with Crippen molar-refractivity contribution in [2.75, 3.05) is 11.9 Å². The minimum Gasteiger partial charge on any atom is -0.463 e. The fourth-order valence-corrected chi connectivity index (χ4v) is 2.55. The zero-order valence-electron chi connectivity index (χ0n) is 12.1. The first-order valence-corrected chi connectivity index (χ1v) is 7.10. The molecule has 0 radical (unpaired) electrons. The summed E-state index contributed by atoms with van der Waals surface area (Å²) in [5.41, 5.74) is 0.306. The van der Waals surface area contributed by atoms with Crippen molar-refractivity contribution in [3.05, 3.63) is 65.7 Å².